The van der Waals surface area contributed by atoms with Gasteiger partial charge in [0, 0.05) is 11.4 Å². The minimum atomic E-state index is -3.24. The van der Waals surface area contributed by atoms with E-state index in [-0.39, 0.29) is 18.9 Å². The second kappa shape index (κ2) is 11.2. The molecule has 0 aliphatic heterocycles. The molecule has 0 bridgehead atoms. The summed E-state index contributed by atoms with van der Waals surface area (Å²) in [5.41, 5.74) is 2.53. The average molecular weight is 472 g/mol. The SMILES string of the molecule is CS(=O)(=O)NCCc1ccc(C(=O)COC(=O)c2ccccc2CCc2ccccc2)s1. The maximum atomic E-state index is 12.6. The number of benzene rings is 2. The maximum absolute atomic E-state index is 12.6. The first-order chi connectivity index (χ1) is 15.3. The molecule has 1 heterocycles. The topological polar surface area (TPSA) is 89.5 Å². The van der Waals surface area contributed by atoms with Gasteiger partial charge in [-0.2, -0.15) is 0 Å². The Morgan fingerprint density at radius 2 is 1.62 bits per heavy atom. The lowest BCUT2D eigenvalue weighted by atomic mass is 10.00. The predicted molar refractivity (Wildman–Crippen MR) is 126 cm³/mol. The van der Waals surface area contributed by atoms with Crippen LogP contribution in [0.3, 0.4) is 0 Å². The monoisotopic (exact) mass is 471 g/mol. The molecule has 0 amide bonds. The Morgan fingerprint density at radius 1 is 0.906 bits per heavy atom. The lowest BCUT2D eigenvalue weighted by Crippen LogP contribution is -2.24. The molecule has 0 aliphatic rings. The number of hydrogen-bond acceptors (Lipinski definition) is 6. The van der Waals surface area contributed by atoms with Crippen molar-refractivity contribution in [3.8, 4) is 0 Å². The quantitative estimate of drug-likeness (QED) is 0.340. The summed E-state index contributed by atoms with van der Waals surface area (Å²) in [7, 11) is -3.24. The number of carbonyl (C=O) groups excluding carboxylic acids is 2. The Bertz CT molecular complexity index is 1170. The zero-order chi connectivity index (χ0) is 23.0. The minimum absolute atomic E-state index is 0.266. The van der Waals surface area contributed by atoms with E-state index in [2.05, 4.69) is 4.72 Å². The lowest BCUT2D eigenvalue weighted by molar-refractivity contribution is 0.0474. The highest BCUT2D eigenvalue weighted by Crippen LogP contribution is 2.19. The van der Waals surface area contributed by atoms with Crippen LogP contribution in [0.15, 0.2) is 66.7 Å². The summed E-state index contributed by atoms with van der Waals surface area (Å²) in [4.78, 5) is 26.4. The average Bonchev–Trinajstić information content (AvgIpc) is 3.25. The van der Waals surface area contributed by atoms with E-state index in [0.29, 0.717) is 23.3 Å². The Hall–Kier alpha value is -2.81. The zero-order valence-electron chi connectivity index (χ0n) is 17.7. The summed E-state index contributed by atoms with van der Waals surface area (Å²) in [6.07, 6.45) is 3.08. The third-order valence-electron chi connectivity index (χ3n) is 4.77. The van der Waals surface area contributed by atoms with Gasteiger partial charge in [0.05, 0.1) is 16.7 Å². The van der Waals surface area contributed by atoms with E-state index in [1.165, 1.54) is 16.9 Å². The van der Waals surface area contributed by atoms with Gasteiger partial charge >= 0.3 is 5.97 Å². The number of esters is 1. The smallest absolute Gasteiger partial charge is 0.338 e. The van der Waals surface area contributed by atoms with E-state index in [0.717, 1.165) is 23.1 Å². The number of aryl methyl sites for hydroxylation is 2. The van der Waals surface area contributed by atoms with Gasteiger partial charge in [-0.1, -0.05) is 48.5 Å². The summed E-state index contributed by atoms with van der Waals surface area (Å²) < 4.78 is 30.0. The minimum Gasteiger partial charge on any atom is -0.454 e. The molecular weight excluding hydrogens is 446 g/mol. The van der Waals surface area contributed by atoms with Gasteiger partial charge in [-0.25, -0.2) is 17.9 Å². The molecule has 0 atom stereocenters. The Morgan fingerprint density at radius 3 is 2.38 bits per heavy atom. The van der Waals surface area contributed by atoms with E-state index in [9.17, 15) is 18.0 Å². The van der Waals surface area contributed by atoms with Crippen molar-refractivity contribution in [3.05, 3.63) is 93.2 Å². The number of sulfonamides is 1. The largest absolute Gasteiger partial charge is 0.454 e. The molecule has 1 N–H and O–H groups in total. The van der Waals surface area contributed by atoms with Gasteiger partial charge in [-0.15, -0.1) is 11.3 Å². The summed E-state index contributed by atoms with van der Waals surface area (Å²) in [5, 5.41) is 0. The molecule has 0 unspecified atom stereocenters. The van der Waals surface area contributed by atoms with Gasteiger partial charge in [-0.05, 0) is 48.6 Å². The molecule has 0 radical (unpaired) electrons. The van der Waals surface area contributed by atoms with E-state index < -0.39 is 16.0 Å². The molecule has 0 saturated carbocycles. The Labute approximate surface area is 192 Å². The number of nitrogens with one attached hydrogen (secondary N) is 1. The zero-order valence-corrected chi connectivity index (χ0v) is 19.4. The van der Waals surface area contributed by atoms with E-state index in [4.69, 9.17) is 4.74 Å². The van der Waals surface area contributed by atoms with Crippen LogP contribution >= 0.6 is 11.3 Å². The van der Waals surface area contributed by atoms with Crippen molar-refractivity contribution < 1.29 is 22.7 Å². The molecule has 168 valence electrons. The van der Waals surface area contributed by atoms with Crippen LogP contribution in [0.4, 0.5) is 0 Å². The Balaban J connectivity index is 1.54. The van der Waals surface area contributed by atoms with Crippen molar-refractivity contribution in [2.24, 2.45) is 0 Å². The molecule has 0 fully saturated rings. The van der Waals surface area contributed by atoms with Gasteiger partial charge in [0.1, 0.15) is 0 Å². The number of carbonyl (C=O) groups is 2. The molecule has 0 aliphatic carbocycles. The molecule has 32 heavy (non-hydrogen) atoms. The molecule has 1 aromatic heterocycles. The fourth-order valence-electron chi connectivity index (χ4n) is 3.16. The molecule has 6 nitrogen and oxygen atoms in total. The third kappa shape index (κ3) is 7.40. The molecular formula is C24H25NO5S2. The second-order valence-corrected chi connectivity index (χ2v) is 10.3. The van der Waals surface area contributed by atoms with Gasteiger partial charge in [0.15, 0.2) is 6.61 Å². The van der Waals surface area contributed by atoms with Crippen LogP contribution in [-0.2, 0) is 34.0 Å². The number of rotatable bonds is 11. The summed E-state index contributed by atoms with van der Waals surface area (Å²) in [5.74, 6) is -0.802. The van der Waals surface area contributed by atoms with Gasteiger partial charge in [-0.3, -0.25) is 4.79 Å². The van der Waals surface area contributed by atoms with Crippen molar-refractivity contribution in [1.29, 1.82) is 0 Å². The normalized spacial score (nSPS) is 11.3. The van der Waals surface area contributed by atoms with Crippen molar-refractivity contribution in [3.63, 3.8) is 0 Å². The highest BCUT2D eigenvalue weighted by atomic mass is 32.2. The van der Waals surface area contributed by atoms with Crippen LogP contribution in [0.5, 0.6) is 0 Å². The number of ketones is 1. The molecule has 0 saturated heterocycles. The van der Waals surface area contributed by atoms with Crippen LogP contribution in [0, 0.1) is 0 Å². The van der Waals surface area contributed by atoms with E-state index in [1.807, 2.05) is 42.5 Å². The third-order valence-corrected chi connectivity index (χ3v) is 6.68. The van der Waals surface area contributed by atoms with Crippen molar-refractivity contribution >= 4 is 33.1 Å². The van der Waals surface area contributed by atoms with Crippen molar-refractivity contribution in [1.82, 2.24) is 4.72 Å². The van der Waals surface area contributed by atoms with Gasteiger partial charge in [0.25, 0.3) is 0 Å². The highest BCUT2D eigenvalue weighted by molar-refractivity contribution is 7.88. The van der Waals surface area contributed by atoms with Crippen LogP contribution in [-0.4, -0.2) is 39.6 Å². The summed E-state index contributed by atoms with van der Waals surface area (Å²) in [6.45, 7) is -0.0743. The number of hydrogen-bond donors (Lipinski definition) is 1. The molecule has 2 aromatic carbocycles. The van der Waals surface area contributed by atoms with Crippen LogP contribution in [0.25, 0.3) is 0 Å². The number of Topliss-reactive ketones (excluding diaryl/α,β-unsaturated/α-hetero) is 1. The van der Waals surface area contributed by atoms with Gasteiger partial charge in [0.2, 0.25) is 15.8 Å². The van der Waals surface area contributed by atoms with Crippen molar-refractivity contribution in [2.45, 2.75) is 19.3 Å². The van der Waals surface area contributed by atoms with Gasteiger partial charge < -0.3 is 4.74 Å². The van der Waals surface area contributed by atoms with E-state index in [1.54, 1.807) is 24.3 Å². The van der Waals surface area contributed by atoms with Crippen molar-refractivity contribution in [2.75, 3.05) is 19.4 Å². The molecule has 3 rings (SSSR count). The van der Waals surface area contributed by atoms with Crippen LogP contribution in [0.2, 0.25) is 0 Å². The first-order valence-corrected chi connectivity index (χ1v) is 12.9. The summed E-state index contributed by atoms with van der Waals surface area (Å²) >= 11 is 1.27. The standard InChI is InChI=1S/C24H25NO5S2/c1-32(28,29)25-16-15-20-13-14-23(31-20)22(26)17-30-24(27)21-10-6-5-9-19(21)12-11-18-7-3-2-4-8-18/h2-10,13-14,25H,11-12,15-17H2,1H3. The summed E-state index contributed by atoms with van der Waals surface area (Å²) in [6, 6.07) is 20.8. The first-order valence-electron chi connectivity index (χ1n) is 10.2. The predicted octanol–water partition coefficient (Wildman–Crippen LogP) is 3.66. The van der Waals surface area contributed by atoms with Crippen LogP contribution < -0.4 is 4.72 Å². The fourth-order valence-corrected chi connectivity index (χ4v) is 4.57. The second-order valence-electron chi connectivity index (χ2n) is 7.32. The fraction of sp³-hybridized carbons (Fsp3) is 0.250. The maximum Gasteiger partial charge on any atom is 0.338 e. The molecule has 3 aromatic rings. The molecule has 8 heteroatoms. The lowest BCUT2D eigenvalue weighted by Gasteiger charge is -2.09. The van der Waals surface area contributed by atoms with E-state index >= 15 is 0 Å². The molecule has 0 spiro atoms. The first kappa shape index (κ1) is 23.8. The number of ether oxygens (including phenoxy) is 1. The highest BCUT2D eigenvalue weighted by Gasteiger charge is 2.16. The Kier molecular flexibility index (Phi) is 8.33. The number of thiophene rings is 1. The van der Waals surface area contributed by atoms with Crippen LogP contribution in [0.1, 0.15) is 36.0 Å².